The van der Waals surface area contributed by atoms with Gasteiger partial charge in [0.25, 0.3) is 0 Å². The van der Waals surface area contributed by atoms with Gasteiger partial charge in [0.1, 0.15) is 11.7 Å². The van der Waals surface area contributed by atoms with Crippen molar-refractivity contribution in [3.63, 3.8) is 0 Å². The van der Waals surface area contributed by atoms with Crippen molar-refractivity contribution in [2.45, 2.75) is 46.3 Å². The Bertz CT molecular complexity index is 1160. The number of ether oxygens (including phenoxy) is 2. The third-order valence-corrected chi connectivity index (χ3v) is 6.06. The molecule has 2 aliphatic heterocycles. The van der Waals surface area contributed by atoms with Gasteiger partial charge in [0, 0.05) is 38.1 Å². The number of anilines is 1. The number of hydrogen-bond acceptors (Lipinski definition) is 7. The van der Waals surface area contributed by atoms with Crippen LogP contribution in [0.15, 0.2) is 48.8 Å². The minimum atomic E-state index is -0.467. The molecular formula is C28H35N5O5. The van der Waals surface area contributed by atoms with Crippen molar-refractivity contribution in [1.29, 1.82) is 5.26 Å². The molecule has 2 aromatic rings. The van der Waals surface area contributed by atoms with Crippen molar-refractivity contribution in [1.82, 2.24) is 15.2 Å². The maximum absolute atomic E-state index is 12.0. The van der Waals surface area contributed by atoms with Gasteiger partial charge in [-0.05, 0) is 56.0 Å². The van der Waals surface area contributed by atoms with Gasteiger partial charge in [-0.2, -0.15) is 5.26 Å². The summed E-state index contributed by atoms with van der Waals surface area (Å²) in [5.74, 6) is 0.0420. The van der Waals surface area contributed by atoms with Gasteiger partial charge in [0.05, 0.1) is 25.1 Å². The number of carbonyl (C=O) groups excluding carboxylic acids is 3. The molecule has 3 amide bonds. The number of pyridine rings is 1. The van der Waals surface area contributed by atoms with E-state index in [1.54, 1.807) is 22.2 Å². The SMILES string of the molecule is CC(=O)NCC1CN(c2ccc(-c3cccnc3)cc2)C(=O)O1.C[C@@H]1CN(C(=O)OC(C)(C)C)CC1C#N. The van der Waals surface area contributed by atoms with Gasteiger partial charge in [-0.1, -0.05) is 25.1 Å². The molecule has 4 rings (SSSR count). The zero-order valence-electron chi connectivity index (χ0n) is 22.5. The molecule has 2 aliphatic rings. The lowest BCUT2D eigenvalue weighted by atomic mass is 10.0. The number of nitrogens with zero attached hydrogens (tertiary/aromatic N) is 4. The van der Waals surface area contributed by atoms with Crippen molar-refractivity contribution in [3.8, 4) is 17.2 Å². The lowest BCUT2D eigenvalue weighted by Gasteiger charge is -2.24. The standard InChI is InChI=1S/C17H17N3O3.C11H18N2O2/c1-12(21)19-10-16-11-20(17(22)23-16)15-6-4-13(5-7-15)14-3-2-8-18-9-14;1-8-6-13(7-9(8)5-12)10(14)15-11(2,3)4/h2-9,16H,10-11H2,1H3,(H,19,21);8-9H,6-7H2,1-4H3/t;8-,9?/m.1/s1. The van der Waals surface area contributed by atoms with E-state index < -0.39 is 11.7 Å². The van der Waals surface area contributed by atoms with E-state index in [0.29, 0.717) is 26.2 Å². The molecule has 0 radical (unpaired) electrons. The Morgan fingerprint density at radius 2 is 1.87 bits per heavy atom. The van der Waals surface area contributed by atoms with Crippen molar-refractivity contribution < 1.29 is 23.9 Å². The van der Waals surface area contributed by atoms with E-state index in [1.165, 1.54) is 6.92 Å². The van der Waals surface area contributed by atoms with E-state index in [4.69, 9.17) is 14.7 Å². The second-order valence-electron chi connectivity index (χ2n) is 10.4. The minimum absolute atomic E-state index is 0.0579. The van der Waals surface area contributed by atoms with E-state index >= 15 is 0 Å². The first-order chi connectivity index (χ1) is 18.0. The number of nitriles is 1. The van der Waals surface area contributed by atoms with E-state index in [1.807, 2.05) is 64.1 Å². The molecule has 2 fully saturated rings. The largest absolute Gasteiger partial charge is 0.444 e. The van der Waals surface area contributed by atoms with Gasteiger partial charge < -0.3 is 19.7 Å². The third-order valence-electron chi connectivity index (χ3n) is 6.06. The van der Waals surface area contributed by atoms with Crippen LogP contribution in [0.2, 0.25) is 0 Å². The highest BCUT2D eigenvalue weighted by Crippen LogP contribution is 2.26. The number of rotatable bonds is 4. The first-order valence-corrected chi connectivity index (χ1v) is 12.6. The molecule has 1 aromatic carbocycles. The van der Waals surface area contributed by atoms with Gasteiger partial charge in [0.15, 0.2) is 0 Å². The molecule has 0 spiro atoms. The number of carbonyl (C=O) groups is 3. The first-order valence-electron chi connectivity index (χ1n) is 12.6. The van der Waals surface area contributed by atoms with E-state index in [2.05, 4.69) is 16.4 Å². The average Bonchev–Trinajstić information content (AvgIpc) is 3.44. The molecular weight excluding hydrogens is 486 g/mol. The van der Waals surface area contributed by atoms with E-state index in [0.717, 1.165) is 16.8 Å². The van der Waals surface area contributed by atoms with Crippen LogP contribution in [0.1, 0.15) is 34.6 Å². The third kappa shape index (κ3) is 7.93. The first kappa shape index (κ1) is 28.4. The van der Waals surface area contributed by atoms with Crippen LogP contribution in [0, 0.1) is 23.2 Å². The van der Waals surface area contributed by atoms with Crippen LogP contribution in [-0.4, -0.2) is 65.9 Å². The fourth-order valence-electron chi connectivity index (χ4n) is 4.07. The predicted molar refractivity (Wildman–Crippen MR) is 142 cm³/mol. The molecule has 38 heavy (non-hydrogen) atoms. The van der Waals surface area contributed by atoms with Gasteiger partial charge >= 0.3 is 12.2 Å². The monoisotopic (exact) mass is 521 g/mol. The Morgan fingerprint density at radius 3 is 2.42 bits per heavy atom. The summed E-state index contributed by atoms with van der Waals surface area (Å²) in [5.41, 5.74) is 2.36. The fraction of sp³-hybridized carbons (Fsp3) is 0.464. The molecule has 1 N–H and O–H groups in total. The summed E-state index contributed by atoms with van der Waals surface area (Å²) in [6.07, 6.45) is 2.49. The van der Waals surface area contributed by atoms with Gasteiger partial charge in [-0.25, -0.2) is 9.59 Å². The number of benzene rings is 1. The Kier molecular flexibility index (Phi) is 9.29. The molecule has 10 nitrogen and oxygen atoms in total. The highest BCUT2D eigenvalue weighted by molar-refractivity contribution is 5.90. The summed E-state index contributed by atoms with van der Waals surface area (Å²) in [4.78, 5) is 41.8. The minimum Gasteiger partial charge on any atom is -0.444 e. The smallest absolute Gasteiger partial charge is 0.414 e. The van der Waals surface area contributed by atoms with Crippen LogP contribution in [0.3, 0.4) is 0 Å². The summed E-state index contributed by atoms with van der Waals surface area (Å²) in [7, 11) is 0. The Morgan fingerprint density at radius 1 is 1.16 bits per heavy atom. The normalized spacial score (nSPS) is 20.6. The number of cyclic esters (lactones) is 1. The van der Waals surface area contributed by atoms with E-state index in [-0.39, 0.29) is 29.9 Å². The highest BCUT2D eigenvalue weighted by Gasteiger charge is 2.35. The Labute approximate surface area is 223 Å². The maximum Gasteiger partial charge on any atom is 0.414 e. The number of aromatic nitrogens is 1. The summed E-state index contributed by atoms with van der Waals surface area (Å²) in [6.45, 7) is 10.8. The Hall–Kier alpha value is -4.13. The van der Waals surface area contributed by atoms with Crippen molar-refractivity contribution >= 4 is 23.8 Å². The molecule has 202 valence electrons. The Balaban J connectivity index is 0.000000232. The number of nitrogens with one attached hydrogen (secondary N) is 1. The van der Waals surface area contributed by atoms with Crippen LogP contribution < -0.4 is 10.2 Å². The lowest BCUT2D eigenvalue weighted by Crippen LogP contribution is -2.35. The summed E-state index contributed by atoms with van der Waals surface area (Å²) in [5, 5.41) is 11.5. The second-order valence-corrected chi connectivity index (χ2v) is 10.4. The fourth-order valence-corrected chi connectivity index (χ4v) is 4.07. The van der Waals surface area contributed by atoms with Crippen LogP contribution in [-0.2, 0) is 14.3 Å². The van der Waals surface area contributed by atoms with Crippen molar-refractivity contribution in [2.75, 3.05) is 31.1 Å². The molecule has 3 atom stereocenters. The van der Waals surface area contributed by atoms with Gasteiger partial charge in [0.2, 0.25) is 5.91 Å². The highest BCUT2D eigenvalue weighted by atomic mass is 16.6. The number of hydrogen-bond donors (Lipinski definition) is 1. The number of likely N-dealkylation sites (tertiary alicyclic amines) is 1. The molecule has 3 heterocycles. The lowest BCUT2D eigenvalue weighted by molar-refractivity contribution is -0.119. The molecule has 2 unspecified atom stereocenters. The quantitative estimate of drug-likeness (QED) is 0.638. The van der Waals surface area contributed by atoms with E-state index in [9.17, 15) is 14.4 Å². The zero-order valence-corrected chi connectivity index (χ0v) is 22.5. The van der Waals surface area contributed by atoms with Crippen molar-refractivity contribution in [2.24, 2.45) is 11.8 Å². The van der Waals surface area contributed by atoms with Crippen LogP contribution in [0.5, 0.6) is 0 Å². The molecule has 0 saturated carbocycles. The van der Waals surface area contributed by atoms with Crippen LogP contribution in [0.25, 0.3) is 11.1 Å². The van der Waals surface area contributed by atoms with Crippen LogP contribution in [0.4, 0.5) is 15.3 Å². The maximum atomic E-state index is 12.0. The zero-order chi connectivity index (χ0) is 27.9. The predicted octanol–water partition coefficient (Wildman–Crippen LogP) is 4.22. The molecule has 0 aliphatic carbocycles. The van der Waals surface area contributed by atoms with Crippen LogP contribution >= 0.6 is 0 Å². The molecule has 1 aromatic heterocycles. The topological polar surface area (TPSA) is 125 Å². The number of amides is 3. The van der Waals surface area contributed by atoms with Crippen molar-refractivity contribution in [3.05, 3.63) is 48.8 Å². The molecule has 0 bridgehead atoms. The molecule has 2 saturated heterocycles. The van der Waals surface area contributed by atoms with Gasteiger partial charge in [-0.3, -0.25) is 14.7 Å². The van der Waals surface area contributed by atoms with Gasteiger partial charge in [-0.15, -0.1) is 0 Å². The average molecular weight is 522 g/mol. The summed E-state index contributed by atoms with van der Waals surface area (Å²) < 4.78 is 10.5. The summed E-state index contributed by atoms with van der Waals surface area (Å²) in [6, 6.07) is 13.7. The second kappa shape index (κ2) is 12.4. The summed E-state index contributed by atoms with van der Waals surface area (Å²) >= 11 is 0. The molecule has 10 heteroatoms.